The van der Waals surface area contributed by atoms with Crippen LogP contribution in [0.1, 0.15) is 24.4 Å². The Hall–Kier alpha value is -1.39. The number of carbonyl (C=O) groups is 1. The van der Waals surface area contributed by atoms with Gasteiger partial charge in [-0.1, -0.05) is 30.3 Å². The number of nitrogens with zero attached hydrogens (tertiary/aromatic N) is 1. The highest BCUT2D eigenvalue weighted by Gasteiger charge is 2.47. The molecule has 2 heterocycles. The second kappa shape index (κ2) is 3.57. The third-order valence-electron chi connectivity index (χ3n) is 3.31. The minimum absolute atomic E-state index is 0.0740. The van der Waals surface area contributed by atoms with Crippen molar-refractivity contribution < 1.29 is 14.7 Å². The van der Waals surface area contributed by atoms with Gasteiger partial charge in [0.25, 0.3) is 5.91 Å². The van der Waals surface area contributed by atoms with Gasteiger partial charge in [-0.05, 0) is 18.4 Å². The maximum atomic E-state index is 11.7. The van der Waals surface area contributed by atoms with Crippen LogP contribution < -0.4 is 0 Å². The number of fused-ring (bicyclic) bond motifs is 2. The van der Waals surface area contributed by atoms with E-state index in [-0.39, 0.29) is 18.1 Å². The summed E-state index contributed by atoms with van der Waals surface area (Å²) in [5, 5.41) is 10.7. The van der Waals surface area contributed by atoms with Crippen molar-refractivity contribution in [1.82, 2.24) is 5.06 Å². The lowest BCUT2D eigenvalue weighted by Crippen LogP contribution is -2.47. The van der Waals surface area contributed by atoms with E-state index in [0.29, 0.717) is 6.42 Å². The summed E-state index contributed by atoms with van der Waals surface area (Å²) in [6.07, 6.45) is 1.03. The Morgan fingerprint density at radius 2 is 2.00 bits per heavy atom. The lowest BCUT2D eigenvalue weighted by Gasteiger charge is -2.35. The topological polar surface area (TPSA) is 49.8 Å². The molecular formula is C12H13NO3. The summed E-state index contributed by atoms with van der Waals surface area (Å²) in [7, 11) is 0. The largest absolute Gasteiger partial charge is 0.362 e. The fourth-order valence-electron chi connectivity index (χ4n) is 2.52. The van der Waals surface area contributed by atoms with Crippen LogP contribution in [0.4, 0.5) is 0 Å². The minimum Gasteiger partial charge on any atom is -0.362 e. The van der Waals surface area contributed by atoms with Crippen LogP contribution in [0.5, 0.6) is 0 Å². The van der Waals surface area contributed by atoms with E-state index in [0.717, 1.165) is 17.0 Å². The first kappa shape index (κ1) is 9.81. The molecule has 2 fully saturated rings. The highest BCUT2D eigenvalue weighted by Crippen LogP contribution is 2.39. The van der Waals surface area contributed by atoms with Crippen LogP contribution in [0.3, 0.4) is 0 Å². The number of morpholine rings is 1. The molecule has 3 unspecified atom stereocenters. The smallest absolute Gasteiger partial charge is 0.275 e. The van der Waals surface area contributed by atoms with Crippen molar-refractivity contribution in [1.29, 1.82) is 0 Å². The summed E-state index contributed by atoms with van der Waals surface area (Å²) in [6.45, 7) is 0. The molecule has 0 radical (unpaired) electrons. The highest BCUT2D eigenvalue weighted by atomic mass is 16.6. The summed E-state index contributed by atoms with van der Waals surface area (Å²) >= 11 is 0. The summed E-state index contributed by atoms with van der Waals surface area (Å²) in [6, 6.07) is 9.16. The van der Waals surface area contributed by atoms with Crippen LogP contribution in [0.15, 0.2) is 30.3 Å². The van der Waals surface area contributed by atoms with Gasteiger partial charge >= 0.3 is 0 Å². The maximum absolute atomic E-state index is 11.7. The summed E-state index contributed by atoms with van der Waals surface area (Å²) in [4.78, 5) is 11.7. The number of hydrogen-bond donors (Lipinski definition) is 1. The Labute approximate surface area is 93.4 Å². The fourth-order valence-corrected chi connectivity index (χ4v) is 2.52. The normalized spacial score (nSPS) is 33.2. The van der Waals surface area contributed by atoms with Gasteiger partial charge in [-0.25, -0.2) is 5.06 Å². The Balaban J connectivity index is 1.97. The second-order valence-corrected chi connectivity index (χ2v) is 4.28. The standard InChI is InChI=1S/C12H13NO3/c14-12-10-7-6-9(16-10)11(13(12)15)8-4-2-1-3-5-8/h1-5,9-11,15H,6-7H2. The Morgan fingerprint density at radius 1 is 1.25 bits per heavy atom. The molecule has 0 aliphatic carbocycles. The van der Waals surface area contributed by atoms with Crippen LogP contribution in [-0.2, 0) is 9.53 Å². The van der Waals surface area contributed by atoms with E-state index in [1.807, 2.05) is 30.3 Å². The zero-order valence-corrected chi connectivity index (χ0v) is 8.74. The molecule has 1 N–H and O–H groups in total. The monoisotopic (exact) mass is 219 g/mol. The minimum atomic E-state index is -0.435. The van der Waals surface area contributed by atoms with Gasteiger partial charge in [-0.3, -0.25) is 10.0 Å². The van der Waals surface area contributed by atoms with Crippen LogP contribution in [0.2, 0.25) is 0 Å². The zero-order valence-electron chi connectivity index (χ0n) is 8.74. The lowest BCUT2D eigenvalue weighted by atomic mass is 10.00. The molecule has 2 bridgehead atoms. The van der Waals surface area contributed by atoms with Crippen molar-refractivity contribution in [3.05, 3.63) is 35.9 Å². The van der Waals surface area contributed by atoms with E-state index in [1.165, 1.54) is 0 Å². The van der Waals surface area contributed by atoms with E-state index in [1.54, 1.807) is 0 Å². The zero-order chi connectivity index (χ0) is 11.1. The molecule has 3 atom stereocenters. The number of amides is 1. The van der Waals surface area contributed by atoms with E-state index in [2.05, 4.69) is 0 Å². The van der Waals surface area contributed by atoms with Gasteiger partial charge in [0, 0.05) is 0 Å². The number of benzene rings is 1. The van der Waals surface area contributed by atoms with E-state index >= 15 is 0 Å². The van der Waals surface area contributed by atoms with Crippen molar-refractivity contribution in [3.63, 3.8) is 0 Å². The maximum Gasteiger partial charge on any atom is 0.275 e. The first-order valence-electron chi connectivity index (χ1n) is 5.50. The van der Waals surface area contributed by atoms with Crippen molar-refractivity contribution in [2.75, 3.05) is 0 Å². The molecule has 16 heavy (non-hydrogen) atoms. The Bertz CT molecular complexity index is 406. The third-order valence-corrected chi connectivity index (χ3v) is 3.31. The fraction of sp³-hybridized carbons (Fsp3) is 0.417. The quantitative estimate of drug-likeness (QED) is 0.728. The molecule has 0 aromatic heterocycles. The molecule has 0 spiro atoms. The molecule has 2 saturated heterocycles. The summed E-state index contributed by atoms with van der Waals surface area (Å²) in [5.41, 5.74) is 0.920. The predicted molar refractivity (Wildman–Crippen MR) is 55.7 cm³/mol. The second-order valence-electron chi connectivity index (χ2n) is 4.28. The number of hydroxylamine groups is 2. The molecular weight excluding hydrogens is 206 g/mol. The summed E-state index contributed by atoms with van der Waals surface area (Å²) < 4.78 is 5.60. The molecule has 4 heteroatoms. The van der Waals surface area contributed by atoms with Gasteiger partial charge in [0.2, 0.25) is 0 Å². The Kier molecular flexibility index (Phi) is 2.19. The van der Waals surface area contributed by atoms with Crippen LogP contribution in [0, 0.1) is 0 Å². The molecule has 1 aromatic rings. The van der Waals surface area contributed by atoms with Crippen molar-refractivity contribution in [3.8, 4) is 0 Å². The van der Waals surface area contributed by atoms with Crippen molar-refractivity contribution in [2.45, 2.75) is 31.1 Å². The molecule has 4 nitrogen and oxygen atoms in total. The van der Waals surface area contributed by atoms with Crippen molar-refractivity contribution in [2.24, 2.45) is 0 Å². The molecule has 1 amide bonds. The number of rotatable bonds is 1. The van der Waals surface area contributed by atoms with E-state index in [9.17, 15) is 10.0 Å². The molecule has 1 aromatic carbocycles. The van der Waals surface area contributed by atoms with Gasteiger partial charge in [-0.2, -0.15) is 0 Å². The number of ether oxygens (including phenoxy) is 1. The predicted octanol–water partition coefficient (Wildman–Crippen LogP) is 1.51. The van der Waals surface area contributed by atoms with Gasteiger partial charge < -0.3 is 4.74 Å². The Morgan fingerprint density at radius 3 is 2.75 bits per heavy atom. The molecule has 2 aliphatic heterocycles. The average Bonchev–Trinajstić information content (AvgIpc) is 2.74. The van der Waals surface area contributed by atoms with Gasteiger partial charge in [-0.15, -0.1) is 0 Å². The number of carbonyl (C=O) groups excluding carboxylic acids is 1. The van der Waals surface area contributed by atoms with E-state index < -0.39 is 6.10 Å². The summed E-state index contributed by atoms with van der Waals surface area (Å²) in [5.74, 6) is -0.317. The van der Waals surface area contributed by atoms with Gasteiger partial charge in [0.05, 0.1) is 6.10 Å². The van der Waals surface area contributed by atoms with Crippen LogP contribution in [0.25, 0.3) is 0 Å². The SMILES string of the molecule is O=C1C2CCC(O2)C(c2ccccc2)N1O. The van der Waals surface area contributed by atoms with Crippen LogP contribution >= 0.6 is 0 Å². The first-order chi connectivity index (χ1) is 7.77. The van der Waals surface area contributed by atoms with E-state index in [4.69, 9.17) is 4.74 Å². The highest BCUT2D eigenvalue weighted by molar-refractivity contribution is 5.81. The first-order valence-corrected chi connectivity index (χ1v) is 5.50. The number of hydrogen-bond acceptors (Lipinski definition) is 3. The lowest BCUT2D eigenvalue weighted by molar-refractivity contribution is -0.218. The van der Waals surface area contributed by atoms with Gasteiger partial charge in [0.15, 0.2) is 0 Å². The molecule has 2 aliphatic rings. The van der Waals surface area contributed by atoms with Crippen LogP contribution in [-0.4, -0.2) is 28.4 Å². The molecule has 3 rings (SSSR count). The van der Waals surface area contributed by atoms with Gasteiger partial charge in [0.1, 0.15) is 12.1 Å². The van der Waals surface area contributed by atoms with Crippen molar-refractivity contribution >= 4 is 5.91 Å². The average molecular weight is 219 g/mol. The third kappa shape index (κ3) is 1.34. The molecule has 0 saturated carbocycles. The molecule has 84 valence electrons.